The van der Waals surface area contributed by atoms with Crippen molar-refractivity contribution in [1.29, 1.82) is 0 Å². The molecule has 0 saturated carbocycles. The number of hydrazone groups is 1. The maximum Gasteiger partial charge on any atom is 0.344 e. The van der Waals surface area contributed by atoms with E-state index in [4.69, 9.17) is 37.4 Å². The third kappa shape index (κ3) is 8.23. The lowest BCUT2D eigenvalue weighted by Gasteiger charge is -2.13. The Balaban J connectivity index is 1.95. The second-order valence-corrected chi connectivity index (χ2v) is 7.89. The fourth-order valence-electron chi connectivity index (χ4n) is 2.45. The van der Waals surface area contributed by atoms with Gasteiger partial charge < -0.3 is 19.5 Å². The molecule has 2 aromatic carbocycles. The van der Waals surface area contributed by atoms with E-state index < -0.39 is 24.2 Å². The fourth-order valence-corrected chi connectivity index (χ4v) is 3.37. The molecule has 2 aromatic rings. The summed E-state index contributed by atoms with van der Waals surface area (Å²) in [5, 5.41) is 6.80. The van der Waals surface area contributed by atoms with Crippen LogP contribution in [0.3, 0.4) is 0 Å². The number of amides is 2. The molecule has 0 radical (unpaired) electrons. The van der Waals surface area contributed by atoms with Gasteiger partial charge in [-0.05, 0) is 52.7 Å². The van der Waals surface area contributed by atoms with Gasteiger partial charge in [-0.3, -0.25) is 9.59 Å². The minimum Gasteiger partial charge on any atom is -0.493 e. The summed E-state index contributed by atoms with van der Waals surface area (Å²) in [6.45, 7) is 1.66. The van der Waals surface area contributed by atoms with Gasteiger partial charge in [0, 0.05) is 0 Å². The number of ether oxygens (including phenoxy) is 3. The smallest absolute Gasteiger partial charge is 0.344 e. The van der Waals surface area contributed by atoms with Gasteiger partial charge in [0.2, 0.25) is 11.8 Å². The summed E-state index contributed by atoms with van der Waals surface area (Å²) in [5.74, 6) is -1.09. The molecule has 0 atom stereocenters. The molecule has 176 valence electrons. The largest absolute Gasteiger partial charge is 0.493 e. The van der Waals surface area contributed by atoms with Crippen LogP contribution in [0.2, 0.25) is 10.0 Å². The number of nitrogens with zero attached hydrogens (tertiary/aromatic N) is 1. The minimum absolute atomic E-state index is 0.181. The second-order valence-electron chi connectivity index (χ2n) is 6.25. The molecule has 0 unspecified atom stereocenters. The van der Waals surface area contributed by atoms with Crippen LogP contribution >= 0.6 is 39.1 Å². The van der Waals surface area contributed by atoms with Crippen LogP contribution in [-0.2, 0) is 19.1 Å². The zero-order chi connectivity index (χ0) is 24.4. The number of hydrogen-bond donors (Lipinski definition) is 2. The molecule has 0 fully saturated rings. The van der Waals surface area contributed by atoms with E-state index in [-0.39, 0.29) is 23.3 Å². The Morgan fingerprint density at radius 3 is 2.64 bits per heavy atom. The summed E-state index contributed by atoms with van der Waals surface area (Å²) >= 11 is 15.2. The molecule has 0 aromatic heterocycles. The standard InChI is InChI=1S/C21H20BrCl2N3O6/c1-3-32-19(30)11-33-21-13(22)7-12(8-16(21)31-2)10-25-27-18(29)9-17(28)26-15-6-4-5-14(23)20(15)24/h4-8,10H,3,9,11H2,1-2H3,(H,26,28)(H,27,29). The lowest BCUT2D eigenvalue weighted by Crippen LogP contribution is -2.24. The van der Waals surface area contributed by atoms with Gasteiger partial charge in [-0.2, -0.15) is 5.10 Å². The van der Waals surface area contributed by atoms with Crippen LogP contribution in [0.15, 0.2) is 39.9 Å². The molecule has 0 bridgehead atoms. The number of esters is 1. The SMILES string of the molecule is CCOC(=O)COc1c(Br)cc(C=NNC(=O)CC(=O)Nc2cccc(Cl)c2Cl)cc1OC. The van der Waals surface area contributed by atoms with Gasteiger partial charge in [0.1, 0.15) is 6.42 Å². The highest BCUT2D eigenvalue weighted by Gasteiger charge is 2.14. The van der Waals surface area contributed by atoms with Crippen LogP contribution in [-0.4, -0.2) is 44.3 Å². The summed E-state index contributed by atoms with van der Waals surface area (Å²) in [7, 11) is 1.44. The van der Waals surface area contributed by atoms with E-state index >= 15 is 0 Å². The zero-order valence-electron chi connectivity index (χ0n) is 17.6. The topological polar surface area (TPSA) is 115 Å². The van der Waals surface area contributed by atoms with Crippen molar-refractivity contribution in [3.63, 3.8) is 0 Å². The Labute approximate surface area is 208 Å². The average Bonchev–Trinajstić information content (AvgIpc) is 2.76. The van der Waals surface area contributed by atoms with Crippen LogP contribution in [0.1, 0.15) is 18.9 Å². The summed E-state index contributed by atoms with van der Waals surface area (Å²) in [6.07, 6.45) is 0.875. The number of carbonyl (C=O) groups excluding carboxylic acids is 3. The van der Waals surface area contributed by atoms with E-state index in [9.17, 15) is 14.4 Å². The molecular formula is C21H20BrCl2N3O6. The van der Waals surface area contributed by atoms with Crippen molar-refractivity contribution in [1.82, 2.24) is 5.43 Å². The Hall–Kier alpha value is -2.82. The summed E-state index contributed by atoms with van der Waals surface area (Å²) in [4.78, 5) is 35.5. The van der Waals surface area contributed by atoms with E-state index in [0.717, 1.165) is 0 Å². The van der Waals surface area contributed by atoms with Gasteiger partial charge in [-0.1, -0.05) is 29.3 Å². The molecule has 0 aliphatic heterocycles. The summed E-state index contributed by atoms with van der Waals surface area (Å²) in [5.41, 5.74) is 3.11. The quantitative estimate of drug-likeness (QED) is 0.195. The fraction of sp³-hybridized carbons (Fsp3) is 0.238. The van der Waals surface area contributed by atoms with Crippen LogP contribution in [0.4, 0.5) is 5.69 Å². The second kappa shape index (κ2) is 13.0. The number of nitrogens with one attached hydrogen (secondary N) is 2. The molecule has 0 heterocycles. The molecule has 33 heavy (non-hydrogen) atoms. The van der Waals surface area contributed by atoms with Crippen molar-refractivity contribution >= 4 is 68.8 Å². The number of methoxy groups -OCH3 is 1. The van der Waals surface area contributed by atoms with E-state index in [1.807, 2.05) is 0 Å². The van der Waals surface area contributed by atoms with Crippen LogP contribution in [0.5, 0.6) is 11.5 Å². The Kier molecular flexibility index (Phi) is 10.4. The molecule has 2 rings (SSSR count). The van der Waals surface area contributed by atoms with E-state index in [2.05, 4.69) is 31.8 Å². The van der Waals surface area contributed by atoms with Crippen LogP contribution in [0, 0.1) is 0 Å². The normalized spacial score (nSPS) is 10.6. The Bertz CT molecular complexity index is 1060. The number of halogens is 3. The first-order valence-electron chi connectivity index (χ1n) is 9.46. The Morgan fingerprint density at radius 1 is 1.18 bits per heavy atom. The van der Waals surface area contributed by atoms with Crippen LogP contribution < -0.4 is 20.2 Å². The van der Waals surface area contributed by atoms with Crippen molar-refractivity contribution in [2.45, 2.75) is 13.3 Å². The molecule has 2 N–H and O–H groups in total. The molecule has 0 aliphatic carbocycles. The predicted octanol–water partition coefficient (Wildman–Crippen LogP) is 4.19. The van der Waals surface area contributed by atoms with Gasteiger partial charge in [-0.15, -0.1) is 0 Å². The molecule has 0 spiro atoms. The number of rotatable bonds is 10. The number of anilines is 1. The monoisotopic (exact) mass is 559 g/mol. The molecule has 12 heteroatoms. The van der Waals surface area contributed by atoms with Gasteiger partial charge >= 0.3 is 5.97 Å². The third-order valence-electron chi connectivity index (χ3n) is 3.84. The molecule has 2 amide bonds. The van der Waals surface area contributed by atoms with Crippen molar-refractivity contribution < 1.29 is 28.6 Å². The summed E-state index contributed by atoms with van der Waals surface area (Å²) in [6, 6.07) is 8.00. The predicted molar refractivity (Wildman–Crippen MR) is 128 cm³/mol. The first-order chi connectivity index (χ1) is 15.7. The van der Waals surface area contributed by atoms with Crippen LogP contribution in [0.25, 0.3) is 0 Å². The molecule has 9 nitrogen and oxygen atoms in total. The van der Waals surface area contributed by atoms with Gasteiger partial charge in [0.05, 0.1) is 40.1 Å². The maximum atomic E-state index is 12.0. The van der Waals surface area contributed by atoms with Crippen molar-refractivity contribution in [2.24, 2.45) is 5.10 Å². The minimum atomic E-state index is -0.637. The highest BCUT2D eigenvalue weighted by atomic mass is 79.9. The van der Waals surface area contributed by atoms with Crippen molar-refractivity contribution in [3.8, 4) is 11.5 Å². The lowest BCUT2D eigenvalue weighted by molar-refractivity contribution is -0.145. The lowest BCUT2D eigenvalue weighted by atomic mass is 10.2. The average molecular weight is 561 g/mol. The molecule has 0 saturated heterocycles. The third-order valence-corrected chi connectivity index (χ3v) is 5.25. The van der Waals surface area contributed by atoms with Gasteiger partial charge in [0.15, 0.2) is 18.1 Å². The molecule has 0 aliphatic rings. The van der Waals surface area contributed by atoms with Gasteiger partial charge in [0.25, 0.3) is 0 Å². The zero-order valence-corrected chi connectivity index (χ0v) is 20.7. The highest BCUT2D eigenvalue weighted by Crippen LogP contribution is 2.36. The van der Waals surface area contributed by atoms with Crippen molar-refractivity contribution in [2.75, 3.05) is 25.6 Å². The van der Waals surface area contributed by atoms with E-state index in [1.54, 1.807) is 37.3 Å². The molecular weight excluding hydrogens is 541 g/mol. The highest BCUT2D eigenvalue weighted by molar-refractivity contribution is 9.10. The van der Waals surface area contributed by atoms with Crippen molar-refractivity contribution in [3.05, 3.63) is 50.4 Å². The van der Waals surface area contributed by atoms with Gasteiger partial charge in [-0.25, -0.2) is 10.2 Å². The number of hydrogen-bond acceptors (Lipinski definition) is 7. The first kappa shape index (κ1) is 26.4. The van der Waals surface area contributed by atoms with E-state index in [1.165, 1.54) is 13.3 Å². The number of carbonyl (C=O) groups is 3. The Morgan fingerprint density at radius 2 is 1.94 bits per heavy atom. The maximum absolute atomic E-state index is 12.0. The first-order valence-corrected chi connectivity index (χ1v) is 11.0. The van der Waals surface area contributed by atoms with E-state index in [0.29, 0.717) is 27.2 Å². The summed E-state index contributed by atoms with van der Waals surface area (Å²) < 4.78 is 16.1. The number of benzene rings is 2.